The summed E-state index contributed by atoms with van der Waals surface area (Å²) in [6.07, 6.45) is 18.2. The molecule has 0 aromatic carbocycles. The molecule has 0 saturated heterocycles. The van der Waals surface area contributed by atoms with Gasteiger partial charge in [-0.1, -0.05) is 56.6 Å². The topological polar surface area (TPSA) is 0 Å². The molecule has 0 atom stereocenters. The zero-order valence-electron chi connectivity index (χ0n) is 9.86. The monoisotopic (exact) mass is 194 g/mol. The number of allylic oxidation sites excluding steroid dienone is 2. The second-order valence-corrected chi connectivity index (χ2v) is 4.77. The summed E-state index contributed by atoms with van der Waals surface area (Å²) in [7, 11) is 0. The lowest BCUT2D eigenvalue weighted by molar-refractivity contribution is 0.564. The lowest BCUT2D eigenvalue weighted by Gasteiger charge is -2.01. The summed E-state index contributed by atoms with van der Waals surface area (Å²) < 4.78 is 0. The largest absolute Gasteiger partial charge is 0.0856 e. The lowest BCUT2D eigenvalue weighted by Crippen LogP contribution is -1.81. The highest BCUT2D eigenvalue weighted by Crippen LogP contribution is 2.16. The van der Waals surface area contributed by atoms with Gasteiger partial charge in [-0.05, 0) is 32.6 Å². The first kappa shape index (κ1) is 11.8. The van der Waals surface area contributed by atoms with E-state index in [4.69, 9.17) is 0 Å². The van der Waals surface area contributed by atoms with E-state index in [1.165, 1.54) is 70.6 Å². The SMILES string of the molecule is C/C1=C/CCCCCCCCCCC1. The fourth-order valence-electron chi connectivity index (χ4n) is 2.24. The van der Waals surface area contributed by atoms with Gasteiger partial charge in [-0.15, -0.1) is 0 Å². The predicted molar refractivity (Wildman–Crippen MR) is 64.5 cm³/mol. The van der Waals surface area contributed by atoms with Crippen molar-refractivity contribution in [2.75, 3.05) is 0 Å². The Hall–Kier alpha value is -0.260. The summed E-state index contributed by atoms with van der Waals surface area (Å²) in [5.41, 5.74) is 1.63. The van der Waals surface area contributed by atoms with Crippen molar-refractivity contribution in [2.45, 2.75) is 77.6 Å². The normalized spacial score (nSPS) is 26.5. The van der Waals surface area contributed by atoms with E-state index in [1.54, 1.807) is 5.57 Å². The van der Waals surface area contributed by atoms with Gasteiger partial charge in [0.2, 0.25) is 0 Å². The molecular weight excluding hydrogens is 168 g/mol. The van der Waals surface area contributed by atoms with Gasteiger partial charge in [0.05, 0.1) is 0 Å². The molecule has 0 fully saturated rings. The van der Waals surface area contributed by atoms with Gasteiger partial charge < -0.3 is 0 Å². The van der Waals surface area contributed by atoms with Gasteiger partial charge in [-0.25, -0.2) is 0 Å². The quantitative estimate of drug-likeness (QED) is 0.463. The minimum atomic E-state index is 1.33. The Kier molecular flexibility index (Phi) is 6.82. The van der Waals surface area contributed by atoms with Crippen molar-refractivity contribution in [1.82, 2.24) is 0 Å². The molecule has 0 spiro atoms. The number of hydrogen-bond donors (Lipinski definition) is 0. The van der Waals surface area contributed by atoms with Crippen LogP contribution in [-0.4, -0.2) is 0 Å². The molecule has 0 aliphatic heterocycles. The molecule has 1 aliphatic carbocycles. The number of rotatable bonds is 0. The third-order valence-corrected chi connectivity index (χ3v) is 3.27. The molecule has 82 valence electrons. The number of hydrogen-bond acceptors (Lipinski definition) is 0. The minimum absolute atomic E-state index is 1.33. The molecule has 0 radical (unpaired) electrons. The van der Waals surface area contributed by atoms with Gasteiger partial charge in [0, 0.05) is 0 Å². The predicted octanol–water partition coefficient (Wildman–Crippen LogP) is 5.24. The van der Waals surface area contributed by atoms with E-state index >= 15 is 0 Å². The van der Waals surface area contributed by atoms with Gasteiger partial charge in [0.1, 0.15) is 0 Å². The van der Waals surface area contributed by atoms with E-state index < -0.39 is 0 Å². The Labute approximate surface area is 89.8 Å². The van der Waals surface area contributed by atoms with E-state index in [9.17, 15) is 0 Å². The first-order chi connectivity index (χ1) is 6.89. The third kappa shape index (κ3) is 6.23. The zero-order chi connectivity index (χ0) is 10.1. The molecule has 0 aromatic rings. The second-order valence-electron chi connectivity index (χ2n) is 4.77. The molecule has 0 unspecified atom stereocenters. The summed E-state index contributed by atoms with van der Waals surface area (Å²) in [6, 6.07) is 0. The van der Waals surface area contributed by atoms with Crippen LogP contribution in [0.25, 0.3) is 0 Å². The van der Waals surface area contributed by atoms with Crippen LogP contribution in [0, 0.1) is 0 Å². The maximum Gasteiger partial charge on any atom is -0.0323 e. The van der Waals surface area contributed by atoms with Gasteiger partial charge in [0.15, 0.2) is 0 Å². The Balaban J connectivity index is 2.21. The van der Waals surface area contributed by atoms with Crippen molar-refractivity contribution in [3.05, 3.63) is 11.6 Å². The fraction of sp³-hybridized carbons (Fsp3) is 0.857. The van der Waals surface area contributed by atoms with Crippen LogP contribution in [0.1, 0.15) is 77.6 Å². The summed E-state index contributed by atoms with van der Waals surface area (Å²) in [6.45, 7) is 2.31. The molecule has 0 aromatic heterocycles. The van der Waals surface area contributed by atoms with Crippen molar-refractivity contribution < 1.29 is 0 Å². The summed E-state index contributed by atoms with van der Waals surface area (Å²) in [5, 5.41) is 0. The Morgan fingerprint density at radius 3 is 1.86 bits per heavy atom. The van der Waals surface area contributed by atoms with Crippen molar-refractivity contribution >= 4 is 0 Å². The van der Waals surface area contributed by atoms with Crippen LogP contribution in [0.4, 0.5) is 0 Å². The average molecular weight is 194 g/mol. The van der Waals surface area contributed by atoms with E-state index in [-0.39, 0.29) is 0 Å². The summed E-state index contributed by atoms with van der Waals surface area (Å²) >= 11 is 0. The molecule has 0 amide bonds. The molecule has 0 N–H and O–H groups in total. The molecule has 1 rings (SSSR count). The molecular formula is C14H26. The molecule has 1 aliphatic rings. The van der Waals surface area contributed by atoms with Crippen LogP contribution >= 0.6 is 0 Å². The van der Waals surface area contributed by atoms with Crippen LogP contribution in [-0.2, 0) is 0 Å². The zero-order valence-corrected chi connectivity index (χ0v) is 9.86. The highest BCUT2D eigenvalue weighted by Gasteiger charge is 1.96. The van der Waals surface area contributed by atoms with Crippen LogP contribution in [0.5, 0.6) is 0 Å². The van der Waals surface area contributed by atoms with Crippen molar-refractivity contribution in [3.63, 3.8) is 0 Å². The van der Waals surface area contributed by atoms with Crippen molar-refractivity contribution in [2.24, 2.45) is 0 Å². The van der Waals surface area contributed by atoms with Gasteiger partial charge in [0.25, 0.3) is 0 Å². The summed E-state index contributed by atoms with van der Waals surface area (Å²) in [5.74, 6) is 0. The van der Waals surface area contributed by atoms with E-state index in [2.05, 4.69) is 13.0 Å². The molecule has 0 bridgehead atoms. The molecule has 0 heterocycles. The first-order valence-corrected chi connectivity index (χ1v) is 6.55. The Morgan fingerprint density at radius 2 is 1.21 bits per heavy atom. The molecule has 0 nitrogen and oxygen atoms in total. The standard InChI is InChI=1S/C14H26/c1-14-12-10-8-6-4-2-3-5-7-9-11-13-14/h12H,2-11,13H2,1H3/b14-12-. The Bertz CT molecular complexity index is 155. The lowest BCUT2D eigenvalue weighted by atomic mass is 10.1. The third-order valence-electron chi connectivity index (χ3n) is 3.27. The van der Waals surface area contributed by atoms with Gasteiger partial charge in [-0.2, -0.15) is 0 Å². The van der Waals surface area contributed by atoms with E-state index in [0.29, 0.717) is 0 Å². The maximum absolute atomic E-state index is 2.47. The maximum atomic E-state index is 2.47. The first-order valence-electron chi connectivity index (χ1n) is 6.55. The molecule has 0 heteroatoms. The second kappa shape index (κ2) is 8.08. The Morgan fingerprint density at radius 1 is 0.714 bits per heavy atom. The highest BCUT2D eigenvalue weighted by molar-refractivity contribution is 4.97. The van der Waals surface area contributed by atoms with Crippen LogP contribution in [0.3, 0.4) is 0 Å². The highest BCUT2D eigenvalue weighted by atomic mass is 14.0. The smallest absolute Gasteiger partial charge is 0.0323 e. The minimum Gasteiger partial charge on any atom is -0.0856 e. The summed E-state index contributed by atoms with van der Waals surface area (Å²) in [4.78, 5) is 0. The van der Waals surface area contributed by atoms with Crippen molar-refractivity contribution in [3.8, 4) is 0 Å². The molecule has 14 heavy (non-hydrogen) atoms. The van der Waals surface area contributed by atoms with Crippen LogP contribution < -0.4 is 0 Å². The van der Waals surface area contributed by atoms with Gasteiger partial charge >= 0.3 is 0 Å². The van der Waals surface area contributed by atoms with Crippen LogP contribution in [0.15, 0.2) is 11.6 Å². The molecule has 0 saturated carbocycles. The van der Waals surface area contributed by atoms with Crippen molar-refractivity contribution in [1.29, 1.82) is 0 Å². The van der Waals surface area contributed by atoms with E-state index in [0.717, 1.165) is 0 Å². The average Bonchev–Trinajstić information content (AvgIpc) is 2.20. The van der Waals surface area contributed by atoms with Gasteiger partial charge in [-0.3, -0.25) is 0 Å². The van der Waals surface area contributed by atoms with E-state index in [1.807, 2.05) is 0 Å². The fourth-order valence-corrected chi connectivity index (χ4v) is 2.24. The van der Waals surface area contributed by atoms with Crippen LogP contribution in [0.2, 0.25) is 0 Å².